The third kappa shape index (κ3) is 3.57. The van der Waals surface area contributed by atoms with Crippen LogP contribution < -0.4 is 4.90 Å². The van der Waals surface area contributed by atoms with Crippen LogP contribution in [-0.4, -0.2) is 50.6 Å². The summed E-state index contributed by atoms with van der Waals surface area (Å²) in [6, 6.07) is 15.3. The lowest BCUT2D eigenvalue weighted by atomic mass is 10.1. The van der Waals surface area contributed by atoms with Crippen LogP contribution in [0.1, 0.15) is 28.5 Å². The molecule has 0 radical (unpaired) electrons. The number of aliphatic imine (C=N–C) groups is 1. The predicted octanol–water partition coefficient (Wildman–Crippen LogP) is 4.32. The van der Waals surface area contributed by atoms with E-state index in [1.54, 1.807) is 23.1 Å². The average molecular weight is 515 g/mol. The minimum atomic E-state index is -0.124. The summed E-state index contributed by atoms with van der Waals surface area (Å²) >= 11 is 9.62. The highest BCUT2D eigenvalue weighted by atomic mass is 79.9. The topological polar surface area (TPSA) is 74.0 Å². The van der Waals surface area contributed by atoms with Crippen LogP contribution in [0.25, 0.3) is 0 Å². The zero-order chi connectivity index (χ0) is 22.4. The molecular formula is C23H21BrClN5O2. The Kier molecular flexibility index (Phi) is 5.43. The number of halogens is 2. The molecule has 0 saturated heterocycles. The maximum Gasteiger partial charge on any atom is 0.281 e. The number of hydrogen-bond acceptors (Lipinski definition) is 5. The van der Waals surface area contributed by atoms with Gasteiger partial charge in [-0.3, -0.25) is 14.6 Å². The summed E-state index contributed by atoms with van der Waals surface area (Å²) in [6.45, 7) is 3.51. The van der Waals surface area contributed by atoms with Crippen LogP contribution in [-0.2, 0) is 13.0 Å². The van der Waals surface area contributed by atoms with Gasteiger partial charge < -0.3 is 9.67 Å². The number of fused-ring (bicyclic) bond motifs is 3. The van der Waals surface area contributed by atoms with Crippen molar-refractivity contribution >= 4 is 45.2 Å². The van der Waals surface area contributed by atoms with Gasteiger partial charge in [0.2, 0.25) is 5.96 Å². The lowest BCUT2D eigenvalue weighted by Crippen LogP contribution is -2.50. The zero-order valence-corrected chi connectivity index (χ0v) is 19.7. The molecule has 0 unspecified atom stereocenters. The summed E-state index contributed by atoms with van der Waals surface area (Å²) in [5, 5.41) is 9.99. The molecule has 32 heavy (non-hydrogen) atoms. The standard InChI is InChI=1S/C23H21BrClN5O2/c1-2-28-21(32)19-20(27-22(24)29(19)12-15-8-9-18(31)17(25)11-15)30-13-16(26-23(28)30)10-14-6-4-3-5-7-14/h3-9,11,16,31H,2,10,12-13H2,1H3/t16-/m1/s1. The molecule has 9 heteroatoms. The van der Waals surface area contributed by atoms with Crippen LogP contribution in [0.2, 0.25) is 5.02 Å². The fourth-order valence-electron chi connectivity index (χ4n) is 4.25. The Labute approximate surface area is 199 Å². The van der Waals surface area contributed by atoms with Crippen molar-refractivity contribution in [3.8, 4) is 5.75 Å². The third-order valence-corrected chi connectivity index (χ3v) is 6.67. The van der Waals surface area contributed by atoms with Gasteiger partial charge in [0.1, 0.15) is 5.75 Å². The largest absolute Gasteiger partial charge is 0.506 e. The van der Waals surface area contributed by atoms with Gasteiger partial charge in [-0.1, -0.05) is 48.0 Å². The molecule has 164 valence electrons. The number of hydrogen-bond donors (Lipinski definition) is 1. The second-order valence-corrected chi connectivity index (χ2v) is 8.97. The van der Waals surface area contributed by atoms with Crippen molar-refractivity contribution in [1.29, 1.82) is 0 Å². The normalized spacial score (nSPS) is 17.4. The van der Waals surface area contributed by atoms with E-state index >= 15 is 0 Å². The summed E-state index contributed by atoms with van der Waals surface area (Å²) in [4.78, 5) is 26.8. The number of nitrogens with zero attached hydrogens (tertiary/aromatic N) is 5. The van der Waals surface area contributed by atoms with Crippen LogP contribution in [0, 0.1) is 0 Å². The molecule has 2 aliphatic heterocycles. The maximum absolute atomic E-state index is 13.5. The summed E-state index contributed by atoms with van der Waals surface area (Å²) < 4.78 is 2.40. The van der Waals surface area contributed by atoms with Crippen molar-refractivity contribution in [3.05, 3.63) is 75.1 Å². The number of rotatable bonds is 5. The smallest absolute Gasteiger partial charge is 0.281 e. The van der Waals surface area contributed by atoms with Crippen LogP contribution in [0.15, 0.2) is 58.3 Å². The van der Waals surface area contributed by atoms with Crippen LogP contribution in [0.5, 0.6) is 5.75 Å². The Morgan fingerprint density at radius 2 is 1.97 bits per heavy atom. The fraction of sp³-hybridized carbons (Fsp3) is 0.261. The molecule has 5 rings (SSSR count). The lowest BCUT2D eigenvalue weighted by Gasteiger charge is -2.33. The van der Waals surface area contributed by atoms with Crippen molar-refractivity contribution in [3.63, 3.8) is 0 Å². The highest BCUT2D eigenvalue weighted by Gasteiger charge is 2.43. The van der Waals surface area contributed by atoms with E-state index in [4.69, 9.17) is 16.6 Å². The van der Waals surface area contributed by atoms with E-state index in [2.05, 4.69) is 33.0 Å². The van der Waals surface area contributed by atoms with E-state index in [1.807, 2.05) is 34.6 Å². The van der Waals surface area contributed by atoms with Crippen molar-refractivity contribution < 1.29 is 9.90 Å². The van der Waals surface area contributed by atoms with E-state index < -0.39 is 0 Å². The molecule has 1 aromatic heterocycles. The van der Waals surface area contributed by atoms with Gasteiger partial charge in [0.05, 0.1) is 24.2 Å². The second kappa shape index (κ2) is 8.26. The number of anilines is 1. The number of phenolic OH excluding ortho intramolecular Hbond substituents is 1. The molecule has 0 aliphatic carbocycles. The van der Waals surface area contributed by atoms with Crippen molar-refractivity contribution in [1.82, 2.24) is 14.5 Å². The van der Waals surface area contributed by atoms with Crippen LogP contribution in [0.3, 0.4) is 0 Å². The first-order valence-corrected chi connectivity index (χ1v) is 11.6. The molecule has 0 spiro atoms. The third-order valence-electron chi connectivity index (χ3n) is 5.76. The Bertz CT molecular complexity index is 1230. The molecule has 2 aromatic carbocycles. The molecule has 7 nitrogen and oxygen atoms in total. The second-order valence-electron chi connectivity index (χ2n) is 7.86. The monoisotopic (exact) mass is 513 g/mol. The Hall–Kier alpha value is -2.84. The maximum atomic E-state index is 13.5. The minimum absolute atomic E-state index is 0.0257. The highest BCUT2D eigenvalue weighted by Crippen LogP contribution is 2.35. The Morgan fingerprint density at radius 1 is 1.19 bits per heavy atom. The van der Waals surface area contributed by atoms with Gasteiger partial charge in [-0.05, 0) is 52.5 Å². The SMILES string of the molecule is CCN1C(=O)c2c(nc(Br)n2Cc2ccc(O)c(Cl)c2)N2C[C@@H](Cc3ccccc3)N=C12. The molecule has 0 fully saturated rings. The number of benzene rings is 2. The number of carbonyl (C=O) groups is 1. The van der Waals surface area contributed by atoms with E-state index in [-0.39, 0.29) is 22.7 Å². The van der Waals surface area contributed by atoms with Gasteiger partial charge in [-0.25, -0.2) is 9.98 Å². The van der Waals surface area contributed by atoms with Gasteiger partial charge in [-0.15, -0.1) is 0 Å². The molecule has 3 aromatic rings. The number of guanidine groups is 1. The number of carbonyl (C=O) groups excluding carboxylic acids is 1. The zero-order valence-electron chi connectivity index (χ0n) is 17.4. The van der Waals surface area contributed by atoms with Gasteiger partial charge >= 0.3 is 0 Å². The van der Waals surface area contributed by atoms with Gasteiger partial charge in [0.25, 0.3) is 5.91 Å². The Morgan fingerprint density at radius 3 is 2.69 bits per heavy atom. The van der Waals surface area contributed by atoms with E-state index in [1.165, 1.54) is 5.56 Å². The van der Waals surface area contributed by atoms with E-state index in [0.29, 0.717) is 41.8 Å². The van der Waals surface area contributed by atoms with Crippen molar-refractivity contribution in [2.45, 2.75) is 25.9 Å². The summed E-state index contributed by atoms with van der Waals surface area (Å²) in [6.07, 6.45) is 0.801. The number of imidazole rings is 1. The fourth-order valence-corrected chi connectivity index (χ4v) is 4.93. The first kappa shape index (κ1) is 21.0. The molecule has 1 amide bonds. The molecule has 1 N–H and O–H groups in total. The number of aromatic nitrogens is 2. The minimum Gasteiger partial charge on any atom is -0.506 e. The summed E-state index contributed by atoms with van der Waals surface area (Å²) in [5.74, 6) is 1.18. The Balaban J connectivity index is 1.50. The van der Waals surface area contributed by atoms with Crippen molar-refractivity contribution in [2.75, 3.05) is 18.0 Å². The van der Waals surface area contributed by atoms with Gasteiger partial charge in [0, 0.05) is 6.54 Å². The van der Waals surface area contributed by atoms with Gasteiger partial charge in [-0.2, -0.15) is 0 Å². The first-order chi connectivity index (χ1) is 15.5. The predicted molar refractivity (Wildman–Crippen MR) is 128 cm³/mol. The summed E-state index contributed by atoms with van der Waals surface area (Å²) in [5.41, 5.74) is 2.59. The first-order valence-electron chi connectivity index (χ1n) is 10.4. The molecular weight excluding hydrogens is 494 g/mol. The number of phenols is 1. The molecule has 0 bridgehead atoms. The highest BCUT2D eigenvalue weighted by molar-refractivity contribution is 9.10. The number of aromatic hydroxyl groups is 1. The molecule has 1 atom stereocenters. The lowest BCUT2D eigenvalue weighted by molar-refractivity contribution is 0.0836. The van der Waals surface area contributed by atoms with Gasteiger partial charge in [0.15, 0.2) is 16.2 Å². The average Bonchev–Trinajstić information content (AvgIpc) is 3.33. The van der Waals surface area contributed by atoms with E-state index in [9.17, 15) is 9.90 Å². The van der Waals surface area contributed by atoms with E-state index in [0.717, 1.165) is 12.0 Å². The van der Waals surface area contributed by atoms with Crippen LogP contribution >= 0.6 is 27.5 Å². The molecule has 3 heterocycles. The number of amides is 1. The summed E-state index contributed by atoms with van der Waals surface area (Å²) in [7, 11) is 0. The molecule has 0 saturated carbocycles. The van der Waals surface area contributed by atoms with Crippen LogP contribution in [0.4, 0.5) is 5.82 Å². The quantitative estimate of drug-likeness (QED) is 0.550. The van der Waals surface area contributed by atoms with Crippen molar-refractivity contribution in [2.24, 2.45) is 4.99 Å². The molecule has 2 aliphatic rings.